The van der Waals surface area contributed by atoms with Crippen LogP contribution in [0.2, 0.25) is 0 Å². The van der Waals surface area contributed by atoms with Crippen molar-refractivity contribution in [3.8, 4) is 10.6 Å². The van der Waals surface area contributed by atoms with Crippen LogP contribution in [0.5, 0.6) is 0 Å². The molecule has 0 saturated heterocycles. The smallest absolute Gasteiger partial charge is 0.275 e. The van der Waals surface area contributed by atoms with Crippen LogP contribution < -0.4 is 10.6 Å². The Bertz CT molecular complexity index is 984. The topological polar surface area (TPSA) is 71.1 Å². The summed E-state index contributed by atoms with van der Waals surface area (Å²) in [5, 5.41) is 6.04. The molecule has 3 rings (SSSR count). The SMILES string of the molecule is CC(=O)Nc1cccc(-c2nc(C(=O)Nc3cccc(F)c3)c(C)s2)c1. The zero-order valence-corrected chi connectivity index (χ0v) is 15.0. The first-order chi connectivity index (χ1) is 12.4. The van der Waals surface area contributed by atoms with Gasteiger partial charge < -0.3 is 10.6 Å². The van der Waals surface area contributed by atoms with Crippen LogP contribution in [-0.4, -0.2) is 16.8 Å². The second-order valence-electron chi connectivity index (χ2n) is 5.65. The molecule has 0 radical (unpaired) electrons. The number of rotatable bonds is 4. The van der Waals surface area contributed by atoms with Crippen LogP contribution in [0.25, 0.3) is 10.6 Å². The van der Waals surface area contributed by atoms with Crippen molar-refractivity contribution >= 4 is 34.5 Å². The molecule has 0 aliphatic rings. The maximum Gasteiger partial charge on any atom is 0.275 e. The Kier molecular flexibility index (Phi) is 5.09. The van der Waals surface area contributed by atoms with Gasteiger partial charge in [0.2, 0.25) is 5.91 Å². The van der Waals surface area contributed by atoms with E-state index in [9.17, 15) is 14.0 Å². The summed E-state index contributed by atoms with van der Waals surface area (Å²) < 4.78 is 13.3. The molecule has 0 unspecified atom stereocenters. The third kappa shape index (κ3) is 4.12. The predicted octanol–water partition coefficient (Wildman–Crippen LogP) is 4.47. The molecule has 26 heavy (non-hydrogen) atoms. The van der Waals surface area contributed by atoms with Crippen molar-refractivity contribution in [1.82, 2.24) is 4.98 Å². The molecule has 132 valence electrons. The Balaban J connectivity index is 1.85. The molecule has 2 N–H and O–H groups in total. The van der Waals surface area contributed by atoms with E-state index >= 15 is 0 Å². The van der Waals surface area contributed by atoms with Gasteiger partial charge in [-0.3, -0.25) is 9.59 Å². The van der Waals surface area contributed by atoms with Crippen LogP contribution in [0, 0.1) is 12.7 Å². The van der Waals surface area contributed by atoms with Crippen LogP contribution in [0.3, 0.4) is 0 Å². The summed E-state index contributed by atoms with van der Waals surface area (Å²) >= 11 is 1.38. The first-order valence-corrected chi connectivity index (χ1v) is 8.66. The predicted molar refractivity (Wildman–Crippen MR) is 101 cm³/mol. The summed E-state index contributed by atoms with van der Waals surface area (Å²) in [7, 11) is 0. The lowest BCUT2D eigenvalue weighted by atomic mass is 10.2. The molecule has 0 aliphatic carbocycles. The fourth-order valence-corrected chi connectivity index (χ4v) is 3.33. The fourth-order valence-electron chi connectivity index (χ4n) is 2.42. The first kappa shape index (κ1) is 17.8. The van der Waals surface area contributed by atoms with Gasteiger partial charge >= 0.3 is 0 Å². The van der Waals surface area contributed by atoms with Gasteiger partial charge in [-0.25, -0.2) is 9.37 Å². The number of hydrogen-bond acceptors (Lipinski definition) is 4. The van der Waals surface area contributed by atoms with Crippen molar-refractivity contribution in [3.63, 3.8) is 0 Å². The second-order valence-corrected chi connectivity index (χ2v) is 6.85. The molecule has 7 heteroatoms. The van der Waals surface area contributed by atoms with Crippen molar-refractivity contribution in [2.45, 2.75) is 13.8 Å². The average Bonchev–Trinajstić information content (AvgIpc) is 2.96. The summed E-state index contributed by atoms with van der Waals surface area (Å²) in [5.74, 6) is -0.977. The molecule has 2 aromatic carbocycles. The van der Waals surface area contributed by atoms with Gasteiger partial charge in [0.25, 0.3) is 5.91 Å². The summed E-state index contributed by atoms with van der Waals surface area (Å²) in [6.07, 6.45) is 0. The maximum absolute atomic E-state index is 13.3. The lowest BCUT2D eigenvalue weighted by Gasteiger charge is -2.04. The highest BCUT2D eigenvalue weighted by Gasteiger charge is 2.17. The van der Waals surface area contributed by atoms with E-state index in [1.807, 2.05) is 12.1 Å². The zero-order chi connectivity index (χ0) is 18.7. The molecule has 1 aromatic heterocycles. The monoisotopic (exact) mass is 369 g/mol. The highest BCUT2D eigenvalue weighted by atomic mass is 32.1. The minimum atomic E-state index is -0.423. The third-order valence-electron chi connectivity index (χ3n) is 3.52. The molecule has 0 spiro atoms. The van der Waals surface area contributed by atoms with Gasteiger partial charge in [-0.2, -0.15) is 0 Å². The number of aromatic nitrogens is 1. The molecule has 1 heterocycles. The van der Waals surface area contributed by atoms with Crippen molar-refractivity contribution in [2.24, 2.45) is 0 Å². The first-order valence-electron chi connectivity index (χ1n) is 7.85. The van der Waals surface area contributed by atoms with Crippen LogP contribution in [0.4, 0.5) is 15.8 Å². The number of halogens is 1. The van der Waals surface area contributed by atoms with Crippen LogP contribution in [0.15, 0.2) is 48.5 Å². The van der Waals surface area contributed by atoms with Gasteiger partial charge in [-0.05, 0) is 37.3 Å². The minimum Gasteiger partial charge on any atom is -0.326 e. The van der Waals surface area contributed by atoms with E-state index in [1.54, 1.807) is 25.1 Å². The molecule has 5 nitrogen and oxygen atoms in total. The van der Waals surface area contributed by atoms with E-state index in [4.69, 9.17) is 0 Å². The number of thiazole rings is 1. The highest BCUT2D eigenvalue weighted by molar-refractivity contribution is 7.15. The Hall–Kier alpha value is -3.06. The largest absolute Gasteiger partial charge is 0.326 e. The average molecular weight is 369 g/mol. The number of carbonyl (C=O) groups is 2. The lowest BCUT2D eigenvalue weighted by molar-refractivity contribution is -0.114. The molecule has 2 amide bonds. The number of hydrogen-bond donors (Lipinski definition) is 2. The number of nitrogens with zero attached hydrogens (tertiary/aromatic N) is 1. The number of amides is 2. The summed E-state index contributed by atoms with van der Waals surface area (Å²) in [5.41, 5.74) is 2.12. The van der Waals surface area contributed by atoms with Gasteiger partial charge in [0.05, 0.1) is 0 Å². The normalized spacial score (nSPS) is 10.4. The van der Waals surface area contributed by atoms with Gasteiger partial charge in [-0.1, -0.05) is 18.2 Å². The van der Waals surface area contributed by atoms with Crippen LogP contribution in [0.1, 0.15) is 22.3 Å². The van der Waals surface area contributed by atoms with E-state index < -0.39 is 11.7 Å². The molecular weight excluding hydrogens is 353 g/mol. The Morgan fingerprint density at radius 1 is 1.04 bits per heavy atom. The van der Waals surface area contributed by atoms with Gasteiger partial charge in [0.1, 0.15) is 16.5 Å². The Labute approximate surface area is 153 Å². The van der Waals surface area contributed by atoms with Gasteiger partial charge in [-0.15, -0.1) is 11.3 Å². The number of carbonyl (C=O) groups excluding carboxylic acids is 2. The maximum atomic E-state index is 13.3. The van der Waals surface area contributed by atoms with Crippen molar-refractivity contribution < 1.29 is 14.0 Å². The molecular formula is C19H16FN3O2S. The zero-order valence-electron chi connectivity index (χ0n) is 14.2. The number of anilines is 2. The molecule has 3 aromatic rings. The van der Waals surface area contributed by atoms with Crippen LogP contribution >= 0.6 is 11.3 Å². The van der Waals surface area contributed by atoms with Crippen molar-refractivity contribution in [2.75, 3.05) is 10.6 Å². The van der Waals surface area contributed by atoms with E-state index in [-0.39, 0.29) is 5.91 Å². The standard InChI is InChI=1S/C19H16FN3O2S/c1-11-17(18(25)22-16-8-4-6-14(20)10-16)23-19(26-11)13-5-3-7-15(9-13)21-12(2)24/h3-10H,1-2H3,(H,21,24)(H,22,25). The summed E-state index contributed by atoms with van der Waals surface area (Å²) in [6.45, 7) is 3.24. The Morgan fingerprint density at radius 2 is 1.73 bits per heavy atom. The third-order valence-corrected chi connectivity index (χ3v) is 4.54. The molecule has 0 aliphatic heterocycles. The van der Waals surface area contributed by atoms with E-state index in [0.29, 0.717) is 22.1 Å². The van der Waals surface area contributed by atoms with E-state index in [0.717, 1.165) is 10.4 Å². The van der Waals surface area contributed by atoms with E-state index in [1.165, 1.54) is 36.5 Å². The quantitative estimate of drug-likeness (QED) is 0.713. The fraction of sp³-hybridized carbons (Fsp3) is 0.105. The molecule has 0 saturated carbocycles. The number of aryl methyl sites for hydroxylation is 1. The lowest BCUT2D eigenvalue weighted by Crippen LogP contribution is -2.13. The molecule has 0 fully saturated rings. The van der Waals surface area contributed by atoms with Crippen molar-refractivity contribution in [3.05, 3.63) is 64.9 Å². The van der Waals surface area contributed by atoms with Crippen molar-refractivity contribution in [1.29, 1.82) is 0 Å². The van der Waals surface area contributed by atoms with E-state index in [2.05, 4.69) is 15.6 Å². The minimum absolute atomic E-state index is 0.160. The van der Waals surface area contributed by atoms with Gasteiger partial charge in [0.15, 0.2) is 0 Å². The molecule has 0 atom stereocenters. The highest BCUT2D eigenvalue weighted by Crippen LogP contribution is 2.29. The van der Waals surface area contributed by atoms with Gasteiger partial charge in [0, 0.05) is 28.7 Å². The number of nitrogens with one attached hydrogen (secondary N) is 2. The van der Waals surface area contributed by atoms with Crippen LogP contribution in [-0.2, 0) is 4.79 Å². The summed E-state index contributed by atoms with van der Waals surface area (Å²) in [6, 6.07) is 12.9. The number of benzene rings is 2. The Morgan fingerprint density at radius 3 is 2.42 bits per heavy atom. The molecule has 0 bridgehead atoms. The summed E-state index contributed by atoms with van der Waals surface area (Å²) in [4.78, 5) is 28.8. The second kappa shape index (κ2) is 7.45.